The maximum absolute atomic E-state index is 10.8. The molecule has 0 spiro atoms. The molecule has 1 aromatic rings. The molecule has 1 amide bonds. The second-order valence-electron chi connectivity index (χ2n) is 2.33. The van der Waals surface area contributed by atoms with E-state index in [2.05, 4.69) is 5.32 Å². The zero-order valence-corrected chi connectivity index (χ0v) is 6.63. The number of hydrogen-bond acceptors (Lipinski definition) is 2. The van der Waals surface area contributed by atoms with Crippen LogP contribution in [0.4, 0.5) is 5.69 Å². The van der Waals surface area contributed by atoms with Crippen molar-refractivity contribution in [1.29, 1.82) is 0 Å². The summed E-state index contributed by atoms with van der Waals surface area (Å²) < 4.78 is 6.91. The van der Waals surface area contributed by atoms with E-state index in [-0.39, 0.29) is 11.5 Å². The molecule has 12 heavy (non-hydrogen) atoms. The van der Waals surface area contributed by atoms with Crippen molar-refractivity contribution in [2.45, 2.75) is 6.92 Å². The molecule has 0 saturated heterocycles. The topological polar surface area (TPSA) is 46.2 Å². The maximum atomic E-state index is 10.8. The molecule has 0 aliphatic carbocycles. The average Bonchev–Trinajstić information content (AvgIpc) is 2.03. The SMILES string of the molecule is [2H]C(=O)c1ccccc1NC(C)=O. The molecule has 3 nitrogen and oxygen atoms in total. The predicted octanol–water partition coefficient (Wildman–Crippen LogP) is 1.46. The third-order valence-electron chi connectivity index (χ3n) is 1.35. The molecule has 0 bridgehead atoms. The van der Waals surface area contributed by atoms with Crippen LogP contribution in [0, 0.1) is 0 Å². The summed E-state index contributed by atoms with van der Waals surface area (Å²) in [6.07, 6.45) is -0.802. The fourth-order valence-corrected chi connectivity index (χ4v) is 0.871. The number of aldehydes is 1. The van der Waals surface area contributed by atoms with Crippen LogP contribution in [-0.4, -0.2) is 12.2 Å². The number of para-hydroxylation sites is 1. The van der Waals surface area contributed by atoms with Gasteiger partial charge in [0.25, 0.3) is 0 Å². The summed E-state index contributed by atoms with van der Waals surface area (Å²) in [6.45, 7) is 1.35. The maximum Gasteiger partial charge on any atom is 0.221 e. The average molecular weight is 164 g/mol. The Hall–Kier alpha value is -1.64. The Morgan fingerprint density at radius 3 is 2.83 bits per heavy atom. The van der Waals surface area contributed by atoms with Gasteiger partial charge in [-0.05, 0) is 12.1 Å². The Kier molecular flexibility index (Phi) is 2.15. The van der Waals surface area contributed by atoms with E-state index in [1.165, 1.54) is 13.0 Å². The van der Waals surface area contributed by atoms with Gasteiger partial charge in [0.1, 0.15) is 1.37 Å². The van der Waals surface area contributed by atoms with E-state index in [1.807, 2.05) is 0 Å². The minimum Gasteiger partial charge on any atom is -0.326 e. The van der Waals surface area contributed by atoms with Crippen molar-refractivity contribution in [3.8, 4) is 0 Å². The van der Waals surface area contributed by atoms with Gasteiger partial charge in [0, 0.05) is 12.5 Å². The van der Waals surface area contributed by atoms with Crippen molar-refractivity contribution in [1.82, 2.24) is 0 Å². The van der Waals surface area contributed by atoms with E-state index in [9.17, 15) is 9.59 Å². The molecule has 0 aliphatic heterocycles. The molecule has 0 atom stereocenters. The zero-order chi connectivity index (χ0) is 9.84. The lowest BCUT2D eigenvalue weighted by molar-refractivity contribution is -0.114. The highest BCUT2D eigenvalue weighted by Gasteiger charge is 2.00. The molecule has 0 fully saturated rings. The molecule has 1 rings (SSSR count). The Morgan fingerprint density at radius 1 is 1.58 bits per heavy atom. The van der Waals surface area contributed by atoms with Crippen molar-refractivity contribution in [2.75, 3.05) is 5.32 Å². The lowest BCUT2D eigenvalue weighted by Crippen LogP contribution is -2.07. The fraction of sp³-hybridized carbons (Fsp3) is 0.111. The molecule has 0 aliphatic rings. The van der Waals surface area contributed by atoms with Gasteiger partial charge in [-0.25, -0.2) is 0 Å². The van der Waals surface area contributed by atoms with Crippen LogP contribution in [-0.2, 0) is 4.79 Å². The minimum atomic E-state index is -0.802. The number of amides is 1. The molecule has 0 aromatic heterocycles. The van der Waals surface area contributed by atoms with Gasteiger partial charge in [-0.3, -0.25) is 9.59 Å². The lowest BCUT2D eigenvalue weighted by atomic mass is 10.2. The molecule has 0 saturated carbocycles. The van der Waals surface area contributed by atoms with Crippen LogP contribution >= 0.6 is 0 Å². The Balaban J connectivity index is 3.04. The largest absolute Gasteiger partial charge is 0.326 e. The van der Waals surface area contributed by atoms with Crippen molar-refractivity contribution in [3.05, 3.63) is 29.8 Å². The van der Waals surface area contributed by atoms with E-state index in [0.717, 1.165) is 0 Å². The van der Waals surface area contributed by atoms with Crippen LogP contribution in [0.25, 0.3) is 0 Å². The number of hydrogen-bond donors (Lipinski definition) is 1. The molecule has 0 heterocycles. The van der Waals surface area contributed by atoms with Gasteiger partial charge >= 0.3 is 0 Å². The van der Waals surface area contributed by atoms with Crippen molar-refractivity contribution in [3.63, 3.8) is 0 Å². The highest BCUT2D eigenvalue weighted by atomic mass is 16.1. The summed E-state index contributed by atoms with van der Waals surface area (Å²) in [4.78, 5) is 21.5. The van der Waals surface area contributed by atoms with Crippen LogP contribution in [0.15, 0.2) is 24.3 Å². The van der Waals surface area contributed by atoms with Gasteiger partial charge in [0.05, 0.1) is 5.69 Å². The lowest BCUT2D eigenvalue weighted by Gasteiger charge is -2.03. The molecule has 1 N–H and O–H groups in total. The summed E-state index contributed by atoms with van der Waals surface area (Å²) in [5.74, 6) is -0.256. The van der Waals surface area contributed by atoms with Crippen LogP contribution < -0.4 is 5.32 Å². The first kappa shape index (κ1) is 7.03. The molecule has 3 heteroatoms. The normalized spacial score (nSPS) is 10.2. The van der Waals surface area contributed by atoms with Crippen molar-refractivity contribution in [2.24, 2.45) is 0 Å². The summed E-state index contributed by atoms with van der Waals surface area (Å²) in [5.41, 5.74) is 0.590. The van der Waals surface area contributed by atoms with Crippen molar-refractivity contribution < 1.29 is 11.0 Å². The van der Waals surface area contributed by atoms with E-state index in [0.29, 0.717) is 5.69 Å². The second kappa shape index (κ2) is 3.67. The van der Waals surface area contributed by atoms with Crippen LogP contribution in [0.5, 0.6) is 0 Å². The quantitative estimate of drug-likeness (QED) is 0.672. The van der Waals surface area contributed by atoms with Gasteiger partial charge in [-0.1, -0.05) is 12.1 Å². The summed E-state index contributed by atoms with van der Waals surface area (Å²) in [7, 11) is 0. The van der Waals surface area contributed by atoms with Crippen molar-refractivity contribution >= 4 is 17.9 Å². The Bertz CT molecular complexity index is 349. The fourth-order valence-electron chi connectivity index (χ4n) is 0.871. The number of benzene rings is 1. The van der Waals surface area contributed by atoms with E-state index < -0.39 is 6.26 Å². The number of carbonyl (C=O) groups excluding carboxylic acids is 2. The zero-order valence-electron chi connectivity index (χ0n) is 7.63. The molecule has 62 valence electrons. The summed E-state index contributed by atoms with van der Waals surface area (Å²) in [6, 6.07) is 6.43. The number of nitrogens with one attached hydrogen (secondary N) is 1. The standard InChI is InChI=1S/C9H9NO2/c1-7(12)10-9-5-3-2-4-8(9)6-11/h2-6H,1H3,(H,10,12)/i6D. The molecule has 0 radical (unpaired) electrons. The molecule has 0 unspecified atom stereocenters. The van der Waals surface area contributed by atoms with E-state index in [4.69, 9.17) is 1.37 Å². The van der Waals surface area contributed by atoms with Crippen LogP contribution in [0.2, 0.25) is 0 Å². The summed E-state index contributed by atoms with van der Waals surface area (Å²) in [5, 5.41) is 2.47. The Morgan fingerprint density at radius 2 is 2.25 bits per heavy atom. The van der Waals surface area contributed by atoms with Gasteiger partial charge in [0.2, 0.25) is 5.91 Å². The monoisotopic (exact) mass is 164 g/mol. The van der Waals surface area contributed by atoms with Gasteiger partial charge in [-0.2, -0.15) is 0 Å². The molecular weight excluding hydrogens is 154 g/mol. The number of anilines is 1. The second-order valence-corrected chi connectivity index (χ2v) is 2.33. The minimum absolute atomic E-state index is 0.206. The van der Waals surface area contributed by atoms with Gasteiger partial charge in [0.15, 0.2) is 6.26 Å². The first-order chi connectivity index (χ1) is 6.11. The Labute approximate surface area is 71.8 Å². The first-order valence-electron chi connectivity index (χ1n) is 3.99. The summed E-state index contributed by atoms with van der Waals surface area (Å²) >= 11 is 0. The van der Waals surface area contributed by atoms with Gasteiger partial charge in [-0.15, -0.1) is 0 Å². The van der Waals surface area contributed by atoms with E-state index in [1.54, 1.807) is 18.2 Å². The predicted molar refractivity (Wildman–Crippen MR) is 46.1 cm³/mol. The third-order valence-corrected chi connectivity index (χ3v) is 1.35. The highest BCUT2D eigenvalue weighted by molar-refractivity contribution is 5.95. The third kappa shape index (κ3) is 1.92. The highest BCUT2D eigenvalue weighted by Crippen LogP contribution is 2.11. The molecule has 1 aromatic carbocycles. The van der Waals surface area contributed by atoms with E-state index >= 15 is 0 Å². The van der Waals surface area contributed by atoms with Crippen LogP contribution in [0.1, 0.15) is 18.7 Å². The number of rotatable bonds is 2. The smallest absolute Gasteiger partial charge is 0.221 e. The first-order valence-corrected chi connectivity index (χ1v) is 3.49. The van der Waals surface area contributed by atoms with Gasteiger partial charge < -0.3 is 5.32 Å². The molecular formula is C9H9NO2. The number of carbonyl (C=O) groups is 2. The van der Waals surface area contributed by atoms with Crippen LogP contribution in [0.3, 0.4) is 0 Å².